The standard InChI is InChI=1S/C56H52N2.4C2H6/c1-8-12-22-38(5)54-41(11-4)26-18-29-49(54)46-33-34-50(51-30-19-27-43-32-31-42-23-16-17-28-48(42)55(43)51)53(36-46)57-37-58-56(44-24-14-13-15-25-44)52-35-45(20-9-2)39(6)40(7)47(52)21-10-3;4*1-2/h9-10,12-14,16-24,26-36,56-58H,3,5,7-8,11,37H2,1-2,4,6H3;4*1-2H3/b20-9-,22-12-,47-21+;;;;. The molecule has 0 aliphatic rings. The summed E-state index contributed by atoms with van der Waals surface area (Å²) < 4.78 is 0. The fourth-order valence-electron chi connectivity index (χ4n) is 8.22. The van der Waals surface area contributed by atoms with Gasteiger partial charge in [-0.3, -0.25) is 5.32 Å². The Morgan fingerprint density at radius 1 is 0.758 bits per heavy atom. The largest absolute Gasteiger partial charge is 0.372 e. The van der Waals surface area contributed by atoms with Crippen LogP contribution in [0.5, 0.6) is 0 Å². The van der Waals surface area contributed by atoms with Gasteiger partial charge in [-0.25, -0.2) is 0 Å². The molecule has 2 nitrogen and oxygen atoms in total. The first-order valence-electron chi connectivity index (χ1n) is 24.3. The van der Waals surface area contributed by atoms with E-state index in [-0.39, 0.29) is 6.04 Å². The molecule has 0 aromatic heterocycles. The van der Waals surface area contributed by atoms with Gasteiger partial charge in [-0.15, -0.1) is 0 Å². The van der Waals surface area contributed by atoms with Crippen molar-refractivity contribution in [1.29, 1.82) is 0 Å². The second-order valence-corrected chi connectivity index (χ2v) is 14.7. The summed E-state index contributed by atoms with van der Waals surface area (Å²) in [5.41, 5.74) is 13.6. The highest BCUT2D eigenvalue weighted by Crippen LogP contribution is 2.41. The number of allylic oxidation sites excluding steroid dienone is 5. The number of hydrogen-bond donors (Lipinski definition) is 2. The van der Waals surface area contributed by atoms with Crippen LogP contribution in [0.15, 0.2) is 153 Å². The minimum atomic E-state index is -0.212. The fraction of sp³-hybridized carbons (Fsp3) is 0.250. The van der Waals surface area contributed by atoms with Gasteiger partial charge < -0.3 is 5.32 Å². The van der Waals surface area contributed by atoms with Crippen molar-refractivity contribution < 1.29 is 0 Å². The molecule has 2 N–H and O–H groups in total. The molecule has 66 heavy (non-hydrogen) atoms. The Bertz CT molecular complexity index is 2800. The number of fused-ring (bicyclic) bond motifs is 3. The van der Waals surface area contributed by atoms with E-state index in [1.54, 1.807) is 0 Å². The summed E-state index contributed by atoms with van der Waals surface area (Å²) in [6, 6.07) is 47.9. The molecule has 0 saturated heterocycles. The van der Waals surface area contributed by atoms with Crippen LogP contribution >= 0.6 is 0 Å². The maximum absolute atomic E-state index is 4.55. The Kier molecular flexibility index (Phi) is 23.0. The van der Waals surface area contributed by atoms with Gasteiger partial charge in [0.25, 0.3) is 0 Å². The van der Waals surface area contributed by atoms with Crippen molar-refractivity contribution in [3.63, 3.8) is 0 Å². The molecule has 2 heteroatoms. The summed E-state index contributed by atoms with van der Waals surface area (Å²) in [6.45, 7) is 38.2. The smallest absolute Gasteiger partial charge is 0.0676 e. The third-order valence-corrected chi connectivity index (χ3v) is 11.1. The summed E-state index contributed by atoms with van der Waals surface area (Å²) in [6.07, 6.45) is 14.4. The highest BCUT2D eigenvalue weighted by molar-refractivity contribution is 6.15. The zero-order valence-corrected chi connectivity index (χ0v) is 42.3. The summed E-state index contributed by atoms with van der Waals surface area (Å²) in [7, 11) is 0. The van der Waals surface area contributed by atoms with Crippen molar-refractivity contribution in [2.75, 3.05) is 12.0 Å². The molecule has 0 bridgehead atoms. The molecule has 0 spiro atoms. The maximum atomic E-state index is 4.55. The van der Waals surface area contributed by atoms with Crippen molar-refractivity contribution in [3.05, 3.63) is 209 Å². The van der Waals surface area contributed by atoms with Gasteiger partial charge in [0.15, 0.2) is 0 Å². The molecular formula is C64H76N2. The van der Waals surface area contributed by atoms with Crippen molar-refractivity contribution >= 4 is 51.5 Å². The second kappa shape index (κ2) is 28.3. The SMILES string of the molecule is C=C/C=c1/c(C(NCNc2cc(-c3cccc(CC)c3C(=C)/C=C\CC)ccc2-c2cccc3ccc4ccccc4c23)c2c#cccc2)cc(/C=C\C)c(C)c1=C.CC.CC.CC.CC. The molecule has 0 fully saturated rings. The molecule has 7 rings (SSSR count). The fourth-order valence-corrected chi connectivity index (χ4v) is 8.22. The topological polar surface area (TPSA) is 24.1 Å². The van der Waals surface area contributed by atoms with Crippen LogP contribution in [0.4, 0.5) is 5.69 Å². The first-order valence-corrected chi connectivity index (χ1v) is 24.3. The van der Waals surface area contributed by atoms with Crippen LogP contribution in [0, 0.1) is 19.1 Å². The Hall–Kier alpha value is -6.66. The van der Waals surface area contributed by atoms with E-state index in [1.165, 1.54) is 43.8 Å². The normalized spacial score (nSPS) is 11.2. The van der Waals surface area contributed by atoms with Gasteiger partial charge in [-0.1, -0.05) is 229 Å². The molecule has 1 unspecified atom stereocenters. The summed E-state index contributed by atoms with van der Waals surface area (Å²) >= 11 is 0. The van der Waals surface area contributed by atoms with Crippen LogP contribution in [0.1, 0.15) is 122 Å². The Balaban J connectivity index is 0.00000137. The number of hydrogen-bond acceptors (Lipinski definition) is 2. The van der Waals surface area contributed by atoms with Crippen LogP contribution < -0.4 is 21.1 Å². The van der Waals surface area contributed by atoms with Crippen LogP contribution in [0.25, 0.3) is 68.1 Å². The number of anilines is 1. The van der Waals surface area contributed by atoms with Gasteiger partial charge in [-0.2, -0.15) is 0 Å². The molecule has 1 atom stereocenters. The Labute approximate surface area is 399 Å². The molecule has 0 aliphatic heterocycles. The lowest BCUT2D eigenvalue weighted by molar-refractivity contribution is 0.633. The van der Waals surface area contributed by atoms with E-state index < -0.39 is 0 Å². The molecule has 0 saturated carbocycles. The van der Waals surface area contributed by atoms with Crippen LogP contribution in [-0.2, 0) is 6.42 Å². The second-order valence-electron chi connectivity index (χ2n) is 14.7. The molecule has 0 aliphatic carbocycles. The lowest BCUT2D eigenvalue weighted by atomic mass is 9.87. The first kappa shape index (κ1) is 53.7. The molecule has 342 valence electrons. The average Bonchev–Trinajstić information content (AvgIpc) is 3.39. The van der Waals surface area contributed by atoms with E-state index in [0.29, 0.717) is 6.67 Å². The minimum absolute atomic E-state index is 0.212. The van der Waals surface area contributed by atoms with Crippen LogP contribution in [-0.4, -0.2) is 6.67 Å². The summed E-state index contributed by atoms with van der Waals surface area (Å²) in [4.78, 5) is 0. The van der Waals surface area contributed by atoms with Crippen molar-refractivity contribution in [1.82, 2.24) is 5.32 Å². The zero-order valence-electron chi connectivity index (χ0n) is 42.3. The van der Waals surface area contributed by atoms with Crippen LogP contribution in [0.2, 0.25) is 0 Å². The molecule has 7 aromatic carbocycles. The van der Waals surface area contributed by atoms with Gasteiger partial charge in [0.1, 0.15) is 0 Å². The molecule has 7 aromatic rings. The van der Waals surface area contributed by atoms with Gasteiger partial charge in [0, 0.05) is 16.8 Å². The molecule has 0 amide bonds. The monoisotopic (exact) mass is 873 g/mol. The predicted molar refractivity (Wildman–Crippen MR) is 298 cm³/mol. The van der Waals surface area contributed by atoms with Crippen LogP contribution in [0.3, 0.4) is 0 Å². The average molecular weight is 873 g/mol. The van der Waals surface area contributed by atoms with E-state index in [4.69, 9.17) is 0 Å². The van der Waals surface area contributed by atoms with E-state index in [2.05, 4.69) is 204 Å². The van der Waals surface area contributed by atoms with Crippen molar-refractivity contribution in [2.45, 2.75) is 102 Å². The van der Waals surface area contributed by atoms with E-state index in [9.17, 15) is 0 Å². The third-order valence-electron chi connectivity index (χ3n) is 11.1. The zero-order chi connectivity index (χ0) is 48.6. The minimum Gasteiger partial charge on any atom is -0.372 e. The molecule has 0 heterocycles. The summed E-state index contributed by atoms with van der Waals surface area (Å²) in [5.74, 6) is 0. The quantitative estimate of drug-likeness (QED) is 0.0646. The molecule has 0 radical (unpaired) electrons. The van der Waals surface area contributed by atoms with E-state index in [0.717, 1.165) is 67.9 Å². The number of benzene rings is 6. The Morgan fingerprint density at radius 2 is 1.45 bits per heavy atom. The van der Waals surface area contributed by atoms with Gasteiger partial charge >= 0.3 is 0 Å². The number of nitrogens with one attached hydrogen (secondary N) is 2. The summed E-state index contributed by atoms with van der Waals surface area (Å²) in [5, 5.41) is 14.8. The Morgan fingerprint density at radius 3 is 2.14 bits per heavy atom. The van der Waals surface area contributed by atoms with Gasteiger partial charge in [0.05, 0.1) is 12.7 Å². The van der Waals surface area contributed by atoms with Gasteiger partial charge in [0.2, 0.25) is 0 Å². The lowest BCUT2D eigenvalue weighted by Crippen LogP contribution is -2.37. The molecular weight excluding hydrogens is 797 g/mol. The number of rotatable bonds is 14. The highest BCUT2D eigenvalue weighted by Gasteiger charge is 2.20. The van der Waals surface area contributed by atoms with Crippen molar-refractivity contribution in [2.24, 2.45) is 0 Å². The third kappa shape index (κ3) is 12.6. The highest BCUT2D eigenvalue weighted by atomic mass is 15.1. The first-order chi connectivity index (χ1) is 32.4. The van der Waals surface area contributed by atoms with E-state index in [1.807, 2.05) is 73.6 Å². The van der Waals surface area contributed by atoms with E-state index >= 15 is 0 Å². The maximum Gasteiger partial charge on any atom is 0.0676 e. The lowest BCUT2D eigenvalue weighted by Gasteiger charge is -2.23. The number of aryl methyl sites for hydroxylation is 1. The van der Waals surface area contributed by atoms with Gasteiger partial charge in [-0.05, 0) is 133 Å². The predicted octanol–water partition coefficient (Wildman–Crippen LogP) is 17.0. The van der Waals surface area contributed by atoms with Crippen molar-refractivity contribution in [3.8, 4) is 22.3 Å².